The summed E-state index contributed by atoms with van der Waals surface area (Å²) in [6.45, 7) is 3.63. The lowest BCUT2D eigenvalue weighted by Crippen LogP contribution is -2.31. The van der Waals surface area contributed by atoms with Gasteiger partial charge in [0.15, 0.2) is 5.76 Å². The highest BCUT2D eigenvalue weighted by Crippen LogP contribution is 2.37. The first-order chi connectivity index (χ1) is 13.9. The molecule has 0 bridgehead atoms. The molecule has 1 aliphatic rings. The fraction of sp³-hybridized carbons (Fsp3) is 0.316. The maximum absolute atomic E-state index is 13.2. The molecule has 3 aromatic heterocycles. The molecule has 1 atom stereocenters. The minimum atomic E-state index is -3.74. The number of hydrogen-bond donors (Lipinski definition) is 1. The Balaban J connectivity index is 1.57. The van der Waals surface area contributed by atoms with Crippen molar-refractivity contribution in [1.29, 1.82) is 0 Å². The van der Waals surface area contributed by atoms with E-state index in [1.165, 1.54) is 16.4 Å². The van der Waals surface area contributed by atoms with E-state index in [1.807, 2.05) is 0 Å². The highest BCUT2D eigenvalue weighted by Gasteiger charge is 2.39. The molecule has 0 radical (unpaired) electrons. The van der Waals surface area contributed by atoms with Crippen molar-refractivity contribution < 1.29 is 17.3 Å². The lowest BCUT2D eigenvalue weighted by Gasteiger charge is -2.23. The first-order valence-electron chi connectivity index (χ1n) is 9.15. The Morgan fingerprint density at radius 2 is 2.00 bits per heavy atom. The van der Waals surface area contributed by atoms with Crippen LogP contribution < -0.4 is 5.32 Å². The van der Waals surface area contributed by atoms with Crippen LogP contribution in [0.4, 0.5) is 15.9 Å². The summed E-state index contributed by atoms with van der Waals surface area (Å²) in [6.07, 6.45) is 4.16. The van der Waals surface area contributed by atoms with Crippen molar-refractivity contribution in [2.24, 2.45) is 0 Å². The van der Waals surface area contributed by atoms with Gasteiger partial charge in [-0.05, 0) is 51.0 Å². The molecule has 29 heavy (non-hydrogen) atoms. The van der Waals surface area contributed by atoms with Gasteiger partial charge in [0.2, 0.25) is 10.0 Å². The molecule has 0 saturated carbocycles. The van der Waals surface area contributed by atoms with E-state index in [-0.39, 0.29) is 16.7 Å². The molecule has 0 amide bonds. The van der Waals surface area contributed by atoms with E-state index in [2.05, 4.69) is 20.4 Å². The van der Waals surface area contributed by atoms with Gasteiger partial charge in [-0.25, -0.2) is 17.8 Å². The van der Waals surface area contributed by atoms with E-state index in [0.29, 0.717) is 35.9 Å². The number of nitrogens with zero attached hydrogens (tertiary/aromatic N) is 4. The molecule has 1 aliphatic heterocycles. The standard InChI is InChI=1S/C19H20FN5O3S/c1-12-19(13(2)28-24-12)29(26,27)25-9-3-4-17(25)16-7-6-15(11-21-16)23-18-8-5-14(20)10-22-18/h5-8,10-11,17H,3-4,9H2,1-2H3,(H,22,23)/t17-/m0/s1. The highest BCUT2D eigenvalue weighted by molar-refractivity contribution is 7.89. The molecule has 1 fully saturated rings. The smallest absolute Gasteiger partial charge is 0.249 e. The van der Waals surface area contributed by atoms with E-state index >= 15 is 0 Å². The summed E-state index contributed by atoms with van der Waals surface area (Å²) in [4.78, 5) is 8.53. The van der Waals surface area contributed by atoms with Gasteiger partial charge in [0.25, 0.3) is 0 Å². The molecule has 0 unspecified atom stereocenters. The van der Waals surface area contributed by atoms with Crippen LogP contribution in [-0.4, -0.2) is 34.4 Å². The van der Waals surface area contributed by atoms with Crippen molar-refractivity contribution in [2.75, 3.05) is 11.9 Å². The number of nitrogens with one attached hydrogen (secondary N) is 1. The number of pyridine rings is 2. The Bertz CT molecular complexity index is 1090. The number of rotatable bonds is 5. The zero-order chi connectivity index (χ0) is 20.6. The van der Waals surface area contributed by atoms with Gasteiger partial charge in [-0.2, -0.15) is 4.31 Å². The summed E-state index contributed by atoms with van der Waals surface area (Å²) in [5, 5.41) is 6.81. The molecule has 8 nitrogen and oxygen atoms in total. The normalized spacial score (nSPS) is 17.6. The second kappa shape index (κ2) is 7.53. The topological polar surface area (TPSA) is 101 Å². The van der Waals surface area contributed by atoms with Gasteiger partial charge >= 0.3 is 0 Å². The third-order valence-electron chi connectivity index (χ3n) is 4.87. The number of aryl methyl sites for hydroxylation is 2. The Kier molecular flexibility index (Phi) is 5.05. The fourth-order valence-electron chi connectivity index (χ4n) is 3.56. The van der Waals surface area contributed by atoms with Crippen LogP contribution in [0.5, 0.6) is 0 Å². The number of sulfonamides is 1. The SMILES string of the molecule is Cc1noc(C)c1S(=O)(=O)N1CCC[C@H]1c1ccc(Nc2ccc(F)cn2)cn1. The molecule has 10 heteroatoms. The lowest BCUT2D eigenvalue weighted by atomic mass is 10.1. The van der Waals surface area contributed by atoms with Crippen molar-refractivity contribution in [1.82, 2.24) is 19.4 Å². The summed E-state index contributed by atoms with van der Waals surface area (Å²) < 4.78 is 45.9. The second-order valence-electron chi connectivity index (χ2n) is 6.89. The molecular weight excluding hydrogens is 397 g/mol. The Labute approximate surface area is 167 Å². The quantitative estimate of drug-likeness (QED) is 0.678. The third-order valence-corrected chi connectivity index (χ3v) is 7.02. The van der Waals surface area contributed by atoms with Crippen molar-refractivity contribution in [3.63, 3.8) is 0 Å². The minimum absolute atomic E-state index is 0.130. The molecule has 0 aliphatic carbocycles. The predicted molar refractivity (Wildman–Crippen MR) is 104 cm³/mol. The molecular formula is C19H20FN5O3S. The van der Waals surface area contributed by atoms with Crippen LogP contribution in [-0.2, 0) is 10.0 Å². The van der Waals surface area contributed by atoms with Crippen molar-refractivity contribution in [3.05, 3.63) is 59.6 Å². The lowest BCUT2D eigenvalue weighted by molar-refractivity contribution is 0.381. The first-order valence-corrected chi connectivity index (χ1v) is 10.6. The summed E-state index contributed by atoms with van der Waals surface area (Å²) in [5.41, 5.74) is 1.69. The molecule has 3 aromatic rings. The van der Waals surface area contributed by atoms with Gasteiger partial charge in [0.1, 0.15) is 22.2 Å². The Morgan fingerprint density at radius 1 is 1.17 bits per heavy atom. The van der Waals surface area contributed by atoms with E-state index in [0.717, 1.165) is 12.6 Å². The maximum Gasteiger partial charge on any atom is 0.249 e. The monoisotopic (exact) mass is 417 g/mol. The Morgan fingerprint density at radius 3 is 2.62 bits per heavy atom. The van der Waals surface area contributed by atoms with E-state index < -0.39 is 15.8 Å². The molecule has 152 valence electrons. The summed E-state index contributed by atoms with van der Waals surface area (Å²) >= 11 is 0. The first kappa shape index (κ1) is 19.5. The zero-order valence-corrected chi connectivity index (χ0v) is 16.8. The predicted octanol–water partition coefficient (Wildman–Crippen LogP) is 3.49. The minimum Gasteiger partial charge on any atom is -0.360 e. The van der Waals surface area contributed by atoms with Crippen LogP contribution >= 0.6 is 0 Å². The maximum atomic E-state index is 13.2. The van der Waals surface area contributed by atoms with Crippen LogP contribution in [0.1, 0.15) is 36.0 Å². The van der Waals surface area contributed by atoms with Crippen LogP contribution in [0.25, 0.3) is 0 Å². The summed E-state index contributed by atoms with van der Waals surface area (Å²) in [5.74, 6) is 0.363. The van der Waals surface area contributed by atoms with Gasteiger partial charge < -0.3 is 9.84 Å². The number of halogens is 1. The largest absolute Gasteiger partial charge is 0.360 e. The van der Waals surface area contributed by atoms with Crippen LogP contribution in [0, 0.1) is 19.7 Å². The van der Waals surface area contributed by atoms with Gasteiger partial charge in [-0.3, -0.25) is 4.98 Å². The molecule has 1 saturated heterocycles. The average Bonchev–Trinajstić information content (AvgIpc) is 3.32. The van der Waals surface area contributed by atoms with E-state index in [9.17, 15) is 12.8 Å². The van der Waals surface area contributed by atoms with Gasteiger partial charge in [0.05, 0.1) is 29.8 Å². The highest BCUT2D eigenvalue weighted by atomic mass is 32.2. The molecule has 4 heterocycles. The van der Waals surface area contributed by atoms with Gasteiger partial charge in [0, 0.05) is 6.54 Å². The summed E-state index contributed by atoms with van der Waals surface area (Å²) in [7, 11) is -3.74. The van der Waals surface area contributed by atoms with Gasteiger partial charge in [-0.1, -0.05) is 5.16 Å². The fourth-order valence-corrected chi connectivity index (χ4v) is 5.52. The number of anilines is 2. The summed E-state index contributed by atoms with van der Waals surface area (Å²) in [6, 6.07) is 6.07. The molecule has 0 aromatic carbocycles. The molecule has 0 spiro atoms. The van der Waals surface area contributed by atoms with E-state index in [1.54, 1.807) is 32.2 Å². The molecule has 1 N–H and O–H groups in total. The van der Waals surface area contributed by atoms with Crippen molar-refractivity contribution in [2.45, 2.75) is 37.6 Å². The van der Waals surface area contributed by atoms with E-state index in [4.69, 9.17) is 4.52 Å². The third kappa shape index (κ3) is 3.73. The zero-order valence-electron chi connectivity index (χ0n) is 16.0. The Hall–Kier alpha value is -2.85. The van der Waals surface area contributed by atoms with Crippen molar-refractivity contribution in [3.8, 4) is 0 Å². The van der Waals surface area contributed by atoms with Crippen LogP contribution in [0.2, 0.25) is 0 Å². The molecule has 4 rings (SSSR count). The average molecular weight is 417 g/mol. The van der Waals surface area contributed by atoms with Crippen molar-refractivity contribution >= 4 is 21.5 Å². The number of aromatic nitrogens is 3. The van der Waals surface area contributed by atoms with Crippen LogP contribution in [0.15, 0.2) is 46.1 Å². The second-order valence-corrected chi connectivity index (χ2v) is 8.71. The number of hydrogen-bond acceptors (Lipinski definition) is 7. The van der Waals surface area contributed by atoms with Gasteiger partial charge in [-0.15, -0.1) is 0 Å². The van der Waals surface area contributed by atoms with Crippen LogP contribution in [0.3, 0.4) is 0 Å².